The fraction of sp³-hybridized carbons (Fsp3) is 0.333. The maximum Gasteiger partial charge on any atom is 0.335 e. The number of sulfone groups is 1. The van der Waals surface area contributed by atoms with Gasteiger partial charge in [-0.25, -0.2) is 27.9 Å². The summed E-state index contributed by atoms with van der Waals surface area (Å²) < 4.78 is 64.8. The molecule has 0 aliphatic carbocycles. The van der Waals surface area contributed by atoms with Gasteiger partial charge in [0.05, 0.1) is 25.7 Å². The topological polar surface area (TPSA) is 171 Å². The molecular weight excluding hydrogens is 512 g/mol. The van der Waals surface area contributed by atoms with Crippen LogP contribution in [0.2, 0.25) is 5.15 Å². The molecule has 3 rings (SSSR count). The van der Waals surface area contributed by atoms with Gasteiger partial charge in [0.2, 0.25) is 11.8 Å². The number of nitrogens with zero attached hydrogens (tertiary/aromatic N) is 4. The van der Waals surface area contributed by atoms with E-state index in [1.807, 2.05) is 6.92 Å². The molecule has 0 unspecified atom stereocenters. The van der Waals surface area contributed by atoms with E-state index in [1.54, 1.807) is 4.72 Å². The van der Waals surface area contributed by atoms with Gasteiger partial charge in [-0.3, -0.25) is 9.72 Å². The Labute approximate surface area is 200 Å². The Morgan fingerprint density at radius 3 is 2.53 bits per heavy atom. The van der Waals surface area contributed by atoms with Gasteiger partial charge in [0.15, 0.2) is 19.9 Å². The Balaban J connectivity index is 2.04. The van der Waals surface area contributed by atoms with Crippen molar-refractivity contribution >= 4 is 49.1 Å². The molecule has 0 saturated carbocycles. The van der Waals surface area contributed by atoms with Crippen molar-refractivity contribution in [2.75, 3.05) is 24.8 Å². The lowest BCUT2D eigenvalue weighted by atomic mass is 10.4. The zero-order chi connectivity index (χ0) is 25.1. The van der Waals surface area contributed by atoms with Crippen molar-refractivity contribution in [2.45, 2.75) is 30.3 Å². The number of fused-ring (bicyclic) bond motifs is 1. The molecule has 2 amide bonds. The maximum absolute atomic E-state index is 13.2. The summed E-state index contributed by atoms with van der Waals surface area (Å²) in [5.74, 6) is -0.448. The van der Waals surface area contributed by atoms with Gasteiger partial charge in [-0.2, -0.15) is 13.4 Å². The number of pyridine rings is 1. The molecule has 0 aliphatic rings. The first-order valence-electron chi connectivity index (χ1n) is 9.80. The number of amides is 2. The molecule has 34 heavy (non-hydrogen) atoms. The molecule has 0 bridgehead atoms. The number of methoxy groups -OCH3 is 1. The minimum atomic E-state index is -4.77. The van der Waals surface area contributed by atoms with Crippen molar-refractivity contribution in [3.63, 3.8) is 0 Å². The second-order valence-electron chi connectivity index (χ2n) is 6.68. The molecule has 3 heterocycles. The highest BCUT2D eigenvalue weighted by Gasteiger charge is 2.33. The summed E-state index contributed by atoms with van der Waals surface area (Å²) >= 11 is 5.82. The lowest BCUT2D eigenvalue weighted by molar-refractivity contribution is 0.256. The molecule has 0 radical (unpaired) electrons. The zero-order valence-corrected chi connectivity index (χ0v) is 20.7. The maximum atomic E-state index is 13.2. The molecule has 0 fully saturated rings. The second-order valence-corrected chi connectivity index (χ2v) is 10.9. The highest BCUT2D eigenvalue weighted by Crippen LogP contribution is 2.26. The van der Waals surface area contributed by atoms with Crippen molar-refractivity contribution in [3.8, 4) is 11.6 Å². The minimum absolute atomic E-state index is 0.0240. The van der Waals surface area contributed by atoms with Crippen molar-refractivity contribution in [1.82, 2.24) is 24.1 Å². The second kappa shape index (κ2) is 9.99. The van der Waals surface area contributed by atoms with E-state index in [0.29, 0.717) is 13.0 Å². The van der Waals surface area contributed by atoms with E-state index in [2.05, 4.69) is 20.3 Å². The predicted molar refractivity (Wildman–Crippen MR) is 122 cm³/mol. The van der Waals surface area contributed by atoms with Gasteiger partial charge >= 0.3 is 6.03 Å². The Bertz CT molecular complexity index is 1440. The molecule has 0 aliphatic heterocycles. The van der Waals surface area contributed by atoms with E-state index >= 15 is 0 Å². The molecule has 0 spiro atoms. The number of urea groups is 1. The largest absolute Gasteiger partial charge is 0.492 e. The van der Waals surface area contributed by atoms with Crippen molar-refractivity contribution in [3.05, 3.63) is 29.5 Å². The van der Waals surface area contributed by atoms with Gasteiger partial charge in [0.1, 0.15) is 16.5 Å². The third-order valence-corrected chi connectivity index (χ3v) is 7.56. The van der Waals surface area contributed by atoms with Gasteiger partial charge in [0, 0.05) is 6.07 Å². The summed E-state index contributed by atoms with van der Waals surface area (Å²) in [5.41, 5.74) is 0.0274. The Kier molecular flexibility index (Phi) is 7.48. The molecule has 3 aromatic rings. The third kappa shape index (κ3) is 5.48. The molecule has 2 N–H and O–H groups in total. The van der Waals surface area contributed by atoms with Crippen LogP contribution in [0.4, 0.5) is 10.7 Å². The molecule has 184 valence electrons. The van der Waals surface area contributed by atoms with E-state index in [4.69, 9.17) is 21.1 Å². The van der Waals surface area contributed by atoms with Crippen LogP contribution < -0.4 is 19.5 Å². The number of halogens is 1. The van der Waals surface area contributed by atoms with Crippen LogP contribution in [-0.2, 0) is 19.9 Å². The highest BCUT2D eigenvalue weighted by atomic mass is 35.5. The van der Waals surface area contributed by atoms with Crippen LogP contribution in [0.15, 0.2) is 34.4 Å². The fourth-order valence-corrected chi connectivity index (χ4v) is 5.55. The molecule has 3 aromatic heterocycles. The van der Waals surface area contributed by atoms with Gasteiger partial charge < -0.3 is 9.47 Å². The molecule has 13 nitrogen and oxygen atoms in total. The van der Waals surface area contributed by atoms with E-state index in [9.17, 15) is 21.6 Å². The van der Waals surface area contributed by atoms with Crippen LogP contribution >= 0.6 is 11.6 Å². The first-order valence-corrected chi connectivity index (χ1v) is 13.3. The monoisotopic (exact) mass is 532 g/mol. The quantitative estimate of drug-likeness (QED) is 0.387. The average Bonchev–Trinajstić information content (AvgIpc) is 3.17. The van der Waals surface area contributed by atoms with Crippen LogP contribution in [0.1, 0.15) is 20.3 Å². The summed E-state index contributed by atoms with van der Waals surface area (Å²) in [7, 11) is -7.55. The predicted octanol–water partition coefficient (Wildman–Crippen LogP) is 1.88. The lowest BCUT2D eigenvalue weighted by Crippen LogP contribution is -2.36. The van der Waals surface area contributed by atoms with Crippen LogP contribution in [0.3, 0.4) is 0 Å². The van der Waals surface area contributed by atoms with Crippen molar-refractivity contribution in [2.24, 2.45) is 0 Å². The molecule has 16 heteroatoms. The van der Waals surface area contributed by atoms with Gasteiger partial charge in [-0.1, -0.05) is 25.4 Å². The number of nitrogens with one attached hydrogen (secondary N) is 2. The normalized spacial score (nSPS) is 11.9. The van der Waals surface area contributed by atoms with Gasteiger partial charge in [0.25, 0.3) is 10.0 Å². The molecule has 0 atom stereocenters. The van der Waals surface area contributed by atoms with Crippen LogP contribution in [0.25, 0.3) is 5.65 Å². The number of carbonyl (C=O) groups excluding carboxylic acids is 1. The van der Waals surface area contributed by atoms with Gasteiger partial charge in [-0.05, 0) is 18.6 Å². The number of ether oxygens (including phenoxy) is 2. The highest BCUT2D eigenvalue weighted by molar-refractivity contribution is 7.93. The summed E-state index contributed by atoms with van der Waals surface area (Å²) in [6, 6.07) is 2.95. The van der Waals surface area contributed by atoms with E-state index in [0.717, 1.165) is 4.40 Å². The Morgan fingerprint density at radius 2 is 1.88 bits per heavy atom. The molecular formula is C18H21ClN6O7S2. The minimum Gasteiger partial charge on any atom is -0.492 e. The number of rotatable bonds is 9. The Morgan fingerprint density at radius 1 is 1.15 bits per heavy atom. The number of sulfonamides is 1. The number of hydrogen-bond donors (Lipinski definition) is 2. The van der Waals surface area contributed by atoms with Crippen LogP contribution in [0, 0.1) is 0 Å². The standard InChI is InChI=1S/C18H21ClN6O7S2/c1-4-8-32-11-6-7-13-21-15(33(27,28)5-2)16(25(13)10-11)34(29,30)24-18(26)23-17-20-12(19)9-14(22-17)31-3/h6-7,9-10H,4-5,8H2,1-3H3,(H2,20,22,23,24,26). The number of hydrogen-bond acceptors (Lipinski definition) is 10. The SMILES string of the molecule is CCCOc1ccc2nc(S(=O)(=O)CC)c(S(=O)(=O)NC(=O)Nc3nc(Cl)cc(OC)n3)n2c1. The number of aromatic nitrogens is 4. The summed E-state index contributed by atoms with van der Waals surface area (Å²) in [6.07, 6.45) is 1.98. The Hall–Kier alpha value is -3.17. The molecule has 0 aromatic carbocycles. The lowest BCUT2D eigenvalue weighted by Gasteiger charge is -2.11. The first-order chi connectivity index (χ1) is 16.0. The van der Waals surface area contributed by atoms with Crippen LogP contribution in [-0.4, -0.2) is 61.7 Å². The van der Waals surface area contributed by atoms with E-state index in [1.165, 1.54) is 38.4 Å². The summed E-state index contributed by atoms with van der Waals surface area (Å²) in [6.45, 7) is 3.58. The number of carbonyl (C=O) groups is 1. The van der Waals surface area contributed by atoms with Crippen LogP contribution in [0.5, 0.6) is 11.6 Å². The summed E-state index contributed by atoms with van der Waals surface area (Å²) in [4.78, 5) is 24.0. The summed E-state index contributed by atoms with van der Waals surface area (Å²) in [5, 5.41) is 0.599. The zero-order valence-electron chi connectivity index (χ0n) is 18.3. The number of anilines is 1. The number of imidazole rings is 1. The fourth-order valence-electron chi connectivity index (χ4n) is 2.73. The van der Waals surface area contributed by atoms with Gasteiger partial charge in [-0.15, -0.1) is 0 Å². The van der Waals surface area contributed by atoms with Crippen molar-refractivity contribution in [1.29, 1.82) is 0 Å². The first kappa shape index (κ1) is 25.5. The van der Waals surface area contributed by atoms with Crippen molar-refractivity contribution < 1.29 is 31.1 Å². The van der Waals surface area contributed by atoms with E-state index in [-0.39, 0.29) is 28.4 Å². The third-order valence-electron chi connectivity index (χ3n) is 4.25. The van der Waals surface area contributed by atoms with E-state index < -0.39 is 41.7 Å². The smallest absolute Gasteiger partial charge is 0.335 e. The average molecular weight is 533 g/mol. The molecule has 0 saturated heterocycles.